The minimum atomic E-state index is -0.263. The van der Waals surface area contributed by atoms with Crippen LogP contribution in [0.3, 0.4) is 0 Å². The lowest BCUT2D eigenvalue weighted by Crippen LogP contribution is -2.31. The molecule has 1 aliphatic rings. The Kier molecular flexibility index (Phi) is 5.94. The zero-order valence-corrected chi connectivity index (χ0v) is 16.4. The Morgan fingerprint density at radius 2 is 1.81 bits per heavy atom. The Labute approximate surface area is 160 Å². The van der Waals surface area contributed by atoms with E-state index in [-0.39, 0.29) is 11.8 Å². The van der Waals surface area contributed by atoms with Crippen molar-refractivity contribution in [3.05, 3.63) is 47.0 Å². The Bertz CT molecular complexity index is 819. The molecule has 1 aliphatic heterocycles. The van der Waals surface area contributed by atoms with E-state index in [1.807, 2.05) is 42.7 Å². The summed E-state index contributed by atoms with van der Waals surface area (Å²) in [7, 11) is 0. The highest BCUT2D eigenvalue weighted by Gasteiger charge is 2.29. The molecule has 6 heteroatoms. The van der Waals surface area contributed by atoms with Gasteiger partial charge < -0.3 is 14.8 Å². The average Bonchev–Trinajstić information content (AvgIpc) is 3.09. The molecule has 0 bridgehead atoms. The van der Waals surface area contributed by atoms with Crippen molar-refractivity contribution in [3.8, 4) is 0 Å². The molecule has 0 radical (unpaired) electrons. The minimum absolute atomic E-state index is 0.0861. The first-order valence-corrected chi connectivity index (χ1v) is 9.87. The lowest BCUT2D eigenvalue weighted by Gasteiger charge is -2.20. The van der Waals surface area contributed by atoms with E-state index >= 15 is 0 Å². The van der Waals surface area contributed by atoms with Crippen LogP contribution >= 0.6 is 0 Å². The van der Waals surface area contributed by atoms with Gasteiger partial charge in [-0.2, -0.15) is 0 Å². The van der Waals surface area contributed by atoms with E-state index in [0.29, 0.717) is 24.6 Å². The number of hydrogen-bond acceptors (Lipinski definition) is 3. The predicted molar refractivity (Wildman–Crippen MR) is 106 cm³/mol. The summed E-state index contributed by atoms with van der Waals surface area (Å²) >= 11 is 0. The molecule has 144 valence electrons. The standard InChI is InChI=1S/C21H28N4O2/c1-4-15-10-12-16(13-11-15)22-20(26)19-23-18(21(27)24(5-2)6-3)17-9-7-8-14-25(17)19/h10-13H,4-9,14H2,1-3H3,(H,22,26). The van der Waals surface area contributed by atoms with Gasteiger partial charge in [0.15, 0.2) is 5.82 Å². The van der Waals surface area contributed by atoms with Crippen LogP contribution < -0.4 is 5.32 Å². The molecule has 1 N–H and O–H groups in total. The lowest BCUT2D eigenvalue weighted by atomic mass is 10.1. The molecule has 0 spiro atoms. The van der Waals surface area contributed by atoms with Crippen LogP contribution in [0.4, 0.5) is 5.69 Å². The van der Waals surface area contributed by atoms with E-state index < -0.39 is 0 Å². The summed E-state index contributed by atoms with van der Waals surface area (Å²) in [5.74, 6) is -0.0160. The van der Waals surface area contributed by atoms with E-state index in [0.717, 1.165) is 43.6 Å². The fourth-order valence-electron chi connectivity index (χ4n) is 3.56. The van der Waals surface area contributed by atoms with Crippen LogP contribution in [0.1, 0.15) is 66.0 Å². The van der Waals surface area contributed by atoms with E-state index in [9.17, 15) is 9.59 Å². The number of fused-ring (bicyclic) bond motifs is 1. The number of amides is 2. The molecule has 0 saturated heterocycles. The number of nitrogens with one attached hydrogen (secondary N) is 1. The lowest BCUT2D eigenvalue weighted by molar-refractivity contribution is 0.0766. The smallest absolute Gasteiger partial charge is 0.291 e. The van der Waals surface area contributed by atoms with Crippen molar-refractivity contribution >= 4 is 17.5 Å². The van der Waals surface area contributed by atoms with Gasteiger partial charge in [0, 0.05) is 25.3 Å². The molecule has 2 heterocycles. The van der Waals surface area contributed by atoms with Crippen LogP contribution in [0.25, 0.3) is 0 Å². The van der Waals surface area contributed by atoms with Crippen molar-refractivity contribution in [2.75, 3.05) is 18.4 Å². The molecule has 1 aromatic heterocycles. The molecule has 0 aliphatic carbocycles. The monoisotopic (exact) mass is 368 g/mol. The molecule has 0 atom stereocenters. The van der Waals surface area contributed by atoms with Gasteiger partial charge in [-0.05, 0) is 57.2 Å². The second-order valence-corrected chi connectivity index (χ2v) is 6.82. The Morgan fingerprint density at radius 3 is 2.44 bits per heavy atom. The SMILES string of the molecule is CCc1ccc(NC(=O)c2nc(C(=O)N(CC)CC)c3n2CCCC3)cc1. The highest BCUT2D eigenvalue weighted by molar-refractivity contribution is 6.03. The zero-order valence-electron chi connectivity index (χ0n) is 16.4. The summed E-state index contributed by atoms with van der Waals surface area (Å²) < 4.78 is 1.93. The normalized spacial score (nSPS) is 13.1. The molecule has 2 aromatic rings. The summed E-state index contributed by atoms with van der Waals surface area (Å²) in [6, 6.07) is 7.81. The number of benzene rings is 1. The zero-order chi connectivity index (χ0) is 19.4. The number of aryl methyl sites for hydroxylation is 1. The molecule has 6 nitrogen and oxygen atoms in total. The first-order valence-electron chi connectivity index (χ1n) is 9.87. The van der Waals surface area contributed by atoms with Crippen molar-refractivity contribution in [2.24, 2.45) is 0 Å². The van der Waals surface area contributed by atoms with E-state index in [1.54, 1.807) is 4.90 Å². The molecular formula is C21H28N4O2. The maximum atomic E-state index is 12.9. The number of aromatic nitrogens is 2. The third kappa shape index (κ3) is 3.89. The summed E-state index contributed by atoms with van der Waals surface area (Å²) in [5, 5.41) is 2.92. The number of nitrogens with zero attached hydrogens (tertiary/aromatic N) is 3. The highest BCUT2D eigenvalue weighted by Crippen LogP contribution is 2.23. The van der Waals surface area contributed by atoms with E-state index in [4.69, 9.17) is 0 Å². The average molecular weight is 368 g/mol. The van der Waals surface area contributed by atoms with Crippen molar-refractivity contribution in [1.82, 2.24) is 14.5 Å². The third-order valence-electron chi connectivity index (χ3n) is 5.19. The van der Waals surface area contributed by atoms with Gasteiger partial charge in [0.2, 0.25) is 0 Å². The van der Waals surface area contributed by atoms with E-state index in [1.165, 1.54) is 5.56 Å². The predicted octanol–water partition coefficient (Wildman–Crippen LogP) is 3.52. The fraction of sp³-hybridized carbons (Fsp3) is 0.476. The van der Waals surface area contributed by atoms with Crippen molar-refractivity contribution in [2.45, 2.75) is 53.0 Å². The number of carbonyl (C=O) groups is 2. The van der Waals surface area contributed by atoms with Crippen LogP contribution in [-0.2, 0) is 19.4 Å². The van der Waals surface area contributed by atoms with Gasteiger partial charge in [0.25, 0.3) is 11.8 Å². The minimum Gasteiger partial charge on any atom is -0.338 e. The van der Waals surface area contributed by atoms with E-state index in [2.05, 4.69) is 17.2 Å². The van der Waals surface area contributed by atoms with Gasteiger partial charge in [0.05, 0.1) is 5.69 Å². The number of imidazole rings is 1. The van der Waals surface area contributed by atoms with Gasteiger partial charge in [-0.1, -0.05) is 19.1 Å². The first-order chi connectivity index (χ1) is 13.1. The molecule has 0 unspecified atom stereocenters. The van der Waals surface area contributed by atoms with Gasteiger partial charge in [-0.25, -0.2) is 4.98 Å². The fourth-order valence-corrected chi connectivity index (χ4v) is 3.56. The van der Waals surface area contributed by atoms with Crippen LogP contribution in [0.15, 0.2) is 24.3 Å². The highest BCUT2D eigenvalue weighted by atomic mass is 16.2. The maximum Gasteiger partial charge on any atom is 0.291 e. The quantitative estimate of drug-likeness (QED) is 0.848. The van der Waals surface area contributed by atoms with Crippen molar-refractivity contribution < 1.29 is 9.59 Å². The maximum absolute atomic E-state index is 12.9. The molecule has 0 saturated carbocycles. The molecule has 0 fully saturated rings. The molecule has 27 heavy (non-hydrogen) atoms. The molecule has 3 rings (SSSR count). The second kappa shape index (κ2) is 8.37. The molecule has 1 aromatic carbocycles. The summed E-state index contributed by atoms with van der Waals surface area (Å²) in [5.41, 5.74) is 3.29. The van der Waals surface area contributed by atoms with Crippen molar-refractivity contribution in [3.63, 3.8) is 0 Å². The Morgan fingerprint density at radius 1 is 1.11 bits per heavy atom. The Hall–Kier alpha value is -2.63. The van der Waals surface area contributed by atoms with Crippen LogP contribution in [-0.4, -0.2) is 39.4 Å². The summed E-state index contributed by atoms with van der Waals surface area (Å²) in [4.78, 5) is 32.0. The van der Waals surface area contributed by atoms with Crippen LogP contribution in [0.2, 0.25) is 0 Å². The summed E-state index contributed by atoms with van der Waals surface area (Å²) in [6.45, 7) is 8.00. The number of hydrogen-bond donors (Lipinski definition) is 1. The summed E-state index contributed by atoms with van der Waals surface area (Å²) in [6.07, 6.45) is 3.75. The topological polar surface area (TPSA) is 67.2 Å². The van der Waals surface area contributed by atoms with Gasteiger partial charge >= 0.3 is 0 Å². The second-order valence-electron chi connectivity index (χ2n) is 6.82. The first kappa shape index (κ1) is 19.1. The van der Waals surface area contributed by atoms with Gasteiger partial charge in [-0.15, -0.1) is 0 Å². The van der Waals surface area contributed by atoms with Crippen molar-refractivity contribution in [1.29, 1.82) is 0 Å². The number of carbonyl (C=O) groups excluding carboxylic acids is 2. The molecular weight excluding hydrogens is 340 g/mol. The molecule has 2 amide bonds. The largest absolute Gasteiger partial charge is 0.338 e. The Balaban J connectivity index is 1.90. The third-order valence-corrected chi connectivity index (χ3v) is 5.19. The van der Waals surface area contributed by atoms with Crippen LogP contribution in [0.5, 0.6) is 0 Å². The van der Waals surface area contributed by atoms with Gasteiger partial charge in [-0.3, -0.25) is 9.59 Å². The number of rotatable bonds is 6. The number of anilines is 1. The van der Waals surface area contributed by atoms with Gasteiger partial charge in [0.1, 0.15) is 5.69 Å². The van der Waals surface area contributed by atoms with Crippen LogP contribution in [0, 0.1) is 0 Å².